The molecule has 152 valence electrons. The second-order valence-corrected chi connectivity index (χ2v) is 7.52. The van der Waals surface area contributed by atoms with Gasteiger partial charge in [0.2, 0.25) is 0 Å². The van der Waals surface area contributed by atoms with E-state index in [4.69, 9.17) is 5.10 Å². The number of aryl methyl sites for hydroxylation is 2. The van der Waals surface area contributed by atoms with E-state index in [1.165, 1.54) is 11.3 Å². The van der Waals surface area contributed by atoms with Crippen LogP contribution in [0.25, 0.3) is 5.69 Å². The third-order valence-corrected chi connectivity index (χ3v) is 5.67. The predicted molar refractivity (Wildman–Crippen MR) is 112 cm³/mol. The molecule has 0 radical (unpaired) electrons. The van der Waals surface area contributed by atoms with Crippen LogP contribution in [0, 0.1) is 13.8 Å². The highest BCUT2D eigenvalue weighted by molar-refractivity contribution is 5.92. The fourth-order valence-corrected chi connectivity index (χ4v) is 3.87. The normalized spacial score (nSPS) is 15.1. The van der Waals surface area contributed by atoms with Gasteiger partial charge in [0.15, 0.2) is 0 Å². The molecule has 7 heteroatoms. The Labute approximate surface area is 171 Å². The molecule has 29 heavy (non-hydrogen) atoms. The van der Waals surface area contributed by atoms with Gasteiger partial charge in [0.25, 0.3) is 5.91 Å². The lowest BCUT2D eigenvalue weighted by Gasteiger charge is -2.34. The van der Waals surface area contributed by atoms with Crippen LogP contribution < -0.4 is 0 Å². The number of hydrogen-bond acceptors (Lipinski definition) is 4. The Morgan fingerprint density at radius 3 is 2.38 bits per heavy atom. The Bertz CT molecular complexity index is 982. The first-order valence-electron chi connectivity index (χ1n) is 10.2. The highest BCUT2D eigenvalue weighted by atomic mass is 16.2. The molecule has 7 nitrogen and oxygen atoms in total. The first kappa shape index (κ1) is 19.4. The molecule has 0 bridgehead atoms. The third-order valence-electron chi connectivity index (χ3n) is 5.67. The second kappa shape index (κ2) is 8.21. The first-order valence-corrected chi connectivity index (χ1v) is 10.2. The molecular formula is C22H28N6O. The predicted octanol–water partition coefficient (Wildman–Crippen LogP) is 2.66. The minimum absolute atomic E-state index is 0.0288. The van der Waals surface area contributed by atoms with Gasteiger partial charge in [-0.2, -0.15) is 10.2 Å². The number of amides is 1. The summed E-state index contributed by atoms with van der Waals surface area (Å²) in [7, 11) is 0. The zero-order chi connectivity index (χ0) is 20.4. The Hall–Kier alpha value is -2.93. The number of carbonyl (C=O) groups is 1. The van der Waals surface area contributed by atoms with E-state index in [0.29, 0.717) is 5.69 Å². The highest BCUT2D eigenvalue weighted by Gasteiger charge is 2.25. The molecule has 3 aromatic rings. The number of para-hydroxylation sites is 1. The number of benzene rings is 1. The van der Waals surface area contributed by atoms with Crippen molar-refractivity contribution in [1.82, 2.24) is 29.4 Å². The third kappa shape index (κ3) is 3.96. The quantitative estimate of drug-likeness (QED) is 0.670. The van der Waals surface area contributed by atoms with Gasteiger partial charge in [-0.15, -0.1) is 0 Å². The SMILES string of the molecule is CCn1ccc(C(=O)N2CCN(Cc3c(C)nn(-c4ccccc4)c3C)CC2)n1. The Morgan fingerprint density at radius 1 is 1.00 bits per heavy atom. The summed E-state index contributed by atoms with van der Waals surface area (Å²) in [6, 6.07) is 12.0. The van der Waals surface area contributed by atoms with Crippen LogP contribution in [-0.2, 0) is 13.1 Å². The fourth-order valence-electron chi connectivity index (χ4n) is 3.87. The van der Waals surface area contributed by atoms with Gasteiger partial charge >= 0.3 is 0 Å². The van der Waals surface area contributed by atoms with Crippen molar-refractivity contribution in [2.75, 3.05) is 26.2 Å². The smallest absolute Gasteiger partial charge is 0.274 e. The molecule has 0 unspecified atom stereocenters. The lowest BCUT2D eigenvalue weighted by atomic mass is 10.1. The average Bonchev–Trinajstić information content (AvgIpc) is 3.35. The number of rotatable bonds is 5. The van der Waals surface area contributed by atoms with Crippen LogP contribution in [-0.4, -0.2) is 61.4 Å². The van der Waals surface area contributed by atoms with Crippen LogP contribution in [0.4, 0.5) is 0 Å². The maximum absolute atomic E-state index is 12.7. The van der Waals surface area contributed by atoms with Crippen LogP contribution in [0.5, 0.6) is 0 Å². The summed E-state index contributed by atoms with van der Waals surface area (Å²) in [6.45, 7) is 11.0. The average molecular weight is 393 g/mol. The van der Waals surface area contributed by atoms with Crippen molar-refractivity contribution in [3.63, 3.8) is 0 Å². The molecule has 0 spiro atoms. The summed E-state index contributed by atoms with van der Waals surface area (Å²) in [5, 5.41) is 9.10. The molecule has 0 saturated carbocycles. The van der Waals surface area contributed by atoms with Crippen LogP contribution in [0.1, 0.15) is 34.4 Å². The number of piperazine rings is 1. The summed E-state index contributed by atoms with van der Waals surface area (Å²) < 4.78 is 3.81. The molecule has 0 atom stereocenters. The molecule has 3 heterocycles. The zero-order valence-corrected chi connectivity index (χ0v) is 17.4. The number of nitrogens with zero attached hydrogens (tertiary/aromatic N) is 6. The lowest BCUT2D eigenvalue weighted by molar-refractivity contribution is 0.0621. The Kier molecular flexibility index (Phi) is 5.49. The molecule has 0 aliphatic carbocycles. The van der Waals surface area contributed by atoms with Crippen molar-refractivity contribution in [2.24, 2.45) is 0 Å². The molecular weight excluding hydrogens is 364 g/mol. The fraction of sp³-hybridized carbons (Fsp3) is 0.409. The molecule has 4 rings (SSSR count). The molecule has 1 aliphatic rings. The molecule has 2 aromatic heterocycles. The first-order chi connectivity index (χ1) is 14.1. The molecule has 1 aromatic carbocycles. The number of hydrogen-bond donors (Lipinski definition) is 0. The maximum atomic E-state index is 12.7. The minimum Gasteiger partial charge on any atom is -0.335 e. The maximum Gasteiger partial charge on any atom is 0.274 e. The molecule has 1 aliphatic heterocycles. The molecule has 1 saturated heterocycles. The van der Waals surface area contributed by atoms with Crippen LogP contribution in [0.2, 0.25) is 0 Å². The van der Waals surface area contributed by atoms with Gasteiger partial charge in [-0.25, -0.2) is 4.68 Å². The van der Waals surface area contributed by atoms with Crippen molar-refractivity contribution in [3.8, 4) is 5.69 Å². The van der Waals surface area contributed by atoms with Crippen LogP contribution >= 0.6 is 0 Å². The van der Waals surface area contributed by atoms with E-state index >= 15 is 0 Å². The van der Waals surface area contributed by atoms with E-state index in [1.807, 2.05) is 47.0 Å². The van der Waals surface area contributed by atoms with E-state index in [9.17, 15) is 4.79 Å². The molecule has 1 amide bonds. The number of aromatic nitrogens is 4. The van der Waals surface area contributed by atoms with Crippen molar-refractivity contribution in [2.45, 2.75) is 33.9 Å². The van der Waals surface area contributed by atoms with Gasteiger partial charge in [-0.05, 0) is 39.0 Å². The number of carbonyl (C=O) groups excluding carboxylic acids is 1. The van der Waals surface area contributed by atoms with Gasteiger partial charge in [0.1, 0.15) is 5.69 Å². The highest BCUT2D eigenvalue weighted by Crippen LogP contribution is 2.20. The van der Waals surface area contributed by atoms with Crippen LogP contribution in [0.3, 0.4) is 0 Å². The largest absolute Gasteiger partial charge is 0.335 e. The van der Waals surface area contributed by atoms with Crippen molar-refractivity contribution in [3.05, 3.63) is 65.2 Å². The van der Waals surface area contributed by atoms with E-state index in [1.54, 1.807) is 4.68 Å². The van der Waals surface area contributed by atoms with Crippen molar-refractivity contribution < 1.29 is 4.79 Å². The topological polar surface area (TPSA) is 59.2 Å². The van der Waals surface area contributed by atoms with Crippen molar-refractivity contribution in [1.29, 1.82) is 0 Å². The van der Waals surface area contributed by atoms with Crippen LogP contribution in [0.15, 0.2) is 42.6 Å². The van der Waals surface area contributed by atoms with Gasteiger partial charge < -0.3 is 4.90 Å². The van der Waals surface area contributed by atoms with E-state index in [-0.39, 0.29) is 5.91 Å². The van der Waals surface area contributed by atoms with Crippen molar-refractivity contribution >= 4 is 5.91 Å². The summed E-state index contributed by atoms with van der Waals surface area (Å²) in [4.78, 5) is 17.0. The van der Waals surface area contributed by atoms with E-state index in [0.717, 1.165) is 50.6 Å². The van der Waals surface area contributed by atoms with Gasteiger partial charge in [0, 0.05) is 56.7 Å². The Morgan fingerprint density at radius 2 is 1.72 bits per heavy atom. The summed E-state index contributed by atoms with van der Waals surface area (Å²) in [5.41, 5.74) is 5.14. The second-order valence-electron chi connectivity index (χ2n) is 7.52. The van der Waals surface area contributed by atoms with Gasteiger partial charge in [0.05, 0.1) is 11.4 Å². The summed E-state index contributed by atoms with van der Waals surface area (Å²) in [6.07, 6.45) is 1.86. The molecule has 0 N–H and O–H groups in total. The zero-order valence-electron chi connectivity index (χ0n) is 17.4. The lowest BCUT2D eigenvalue weighted by Crippen LogP contribution is -2.48. The summed E-state index contributed by atoms with van der Waals surface area (Å²) >= 11 is 0. The Balaban J connectivity index is 1.40. The van der Waals surface area contributed by atoms with E-state index in [2.05, 4.69) is 36.0 Å². The van der Waals surface area contributed by atoms with E-state index < -0.39 is 0 Å². The van der Waals surface area contributed by atoms with Gasteiger partial charge in [-0.1, -0.05) is 18.2 Å². The monoisotopic (exact) mass is 392 g/mol. The standard InChI is InChI=1S/C22H28N6O/c1-4-27-11-10-21(24-27)22(29)26-14-12-25(13-15-26)16-20-17(2)23-28(18(20)3)19-8-6-5-7-9-19/h5-11H,4,12-16H2,1-3H3. The summed E-state index contributed by atoms with van der Waals surface area (Å²) in [5.74, 6) is 0.0288. The minimum atomic E-state index is 0.0288. The van der Waals surface area contributed by atoms with Gasteiger partial charge in [-0.3, -0.25) is 14.4 Å². The molecule has 1 fully saturated rings.